The molecule has 27 heavy (non-hydrogen) atoms. The second-order valence-electron chi connectivity index (χ2n) is 5.80. The number of benzene rings is 1. The van der Waals surface area contributed by atoms with E-state index in [1.807, 2.05) is 0 Å². The molecule has 3 N–H and O–H groups in total. The minimum absolute atomic E-state index is 0.561. The van der Waals surface area contributed by atoms with E-state index in [2.05, 4.69) is 14.8 Å². The number of nitrogens with one attached hydrogen (secondary N) is 1. The molecule has 1 aromatic carbocycles. The lowest BCUT2D eigenvalue weighted by molar-refractivity contribution is -0.162. The zero-order chi connectivity index (χ0) is 20.6. The Balaban J connectivity index is 3.09. The Hall–Kier alpha value is -2.94. The maximum Gasteiger partial charge on any atom is 0.320 e. The number of hydrogen-bond acceptors (Lipinski definition) is 7. The standard InChI is InChI=1S/C18H24N2O7/c1-10(12(17(23)26-3)18(24)27-4)13(15(19)21)20-16(22)14(25-2)11-8-6-5-7-9-11/h5-10,12-14H,1-4H3,(H2,19,21)(H,20,22)/t10-,13-,14-/m0/s1. The van der Waals surface area contributed by atoms with Gasteiger partial charge in [-0.1, -0.05) is 37.3 Å². The van der Waals surface area contributed by atoms with Crippen molar-refractivity contribution < 1.29 is 33.4 Å². The van der Waals surface area contributed by atoms with Gasteiger partial charge in [0.1, 0.15) is 6.04 Å². The predicted molar refractivity (Wildman–Crippen MR) is 94.0 cm³/mol. The van der Waals surface area contributed by atoms with Gasteiger partial charge < -0.3 is 25.3 Å². The van der Waals surface area contributed by atoms with Crippen LogP contribution >= 0.6 is 0 Å². The van der Waals surface area contributed by atoms with Crippen molar-refractivity contribution in [3.05, 3.63) is 35.9 Å². The first kappa shape index (κ1) is 22.1. The van der Waals surface area contributed by atoms with E-state index in [1.54, 1.807) is 30.3 Å². The molecule has 9 nitrogen and oxygen atoms in total. The number of ether oxygens (including phenoxy) is 3. The Morgan fingerprint density at radius 1 is 0.963 bits per heavy atom. The Kier molecular flexibility index (Phi) is 8.40. The van der Waals surface area contributed by atoms with Gasteiger partial charge in [0.15, 0.2) is 12.0 Å². The molecule has 148 valence electrons. The minimum Gasteiger partial charge on any atom is -0.468 e. The molecule has 0 aliphatic heterocycles. The largest absolute Gasteiger partial charge is 0.468 e. The number of carbonyl (C=O) groups is 4. The monoisotopic (exact) mass is 380 g/mol. The van der Waals surface area contributed by atoms with Crippen LogP contribution in [0.1, 0.15) is 18.6 Å². The van der Waals surface area contributed by atoms with Crippen LogP contribution < -0.4 is 11.1 Å². The zero-order valence-corrected chi connectivity index (χ0v) is 15.6. The molecule has 1 aromatic rings. The van der Waals surface area contributed by atoms with E-state index >= 15 is 0 Å². The Bertz CT molecular complexity index is 662. The first-order chi connectivity index (χ1) is 12.8. The summed E-state index contributed by atoms with van der Waals surface area (Å²) in [5.41, 5.74) is 5.95. The molecule has 0 bridgehead atoms. The highest BCUT2D eigenvalue weighted by Gasteiger charge is 2.41. The van der Waals surface area contributed by atoms with Crippen LogP contribution in [0.3, 0.4) is 0 Å². The number of amides is 2. The molecule has 0 aliphatic carbocycles. The summed E-state index contributed by atoms with van der Waals surface area (Å²) in [5.74, 6) is -5.82. The van der Waals surface area contributed by atoms with Gasteiger partial charge in [-0.05, 0) is 5.56 Å². The average molecular weight is 380 g/mol. The molecule has 0 aromatic heterocycles. The summed E-state index contributed by atoms with van der Waals surface area (Å²) in [6.07, 6.45) is -1.00. The first-order valence-electron chi connectivity index (χ1n) is 8.11. The van der Waals surface area contributed by atoms with Crippen molar-refractivity contribution in [2.45, 2.75) is 19.1 Å². The molecule has 0 saturated heterocycles. The number of primary amides is 1. The number of carbonyl (C=O) groups excluding carboxylic acids is 4. The summed E-state index contributed by atoms with van der Waals surface area (Å²) in [7, 11) is 3.53. The maximum absolute atomic E-state index is 12.6. The summed E-state index contributed by atoms with van der Waals surface area (Å²) >= 11 is 0. The van der Waals surface area contributed by atoms with Crippen LogP contribution in [0.15, 0.2) is 30.3 Å². The summed E-state index contributed by atoms with van der Waals surface area (Å²) in [5, 5.41) is 2.45. The van der Waals surface area contributed by atoms with Crippen molar-refractivity contribution in [1.29, 1.82) is 0 Å². The van der Waals surface area contributed by atoms with E-state index in [4.69, 9.17) is 10.5 Å². The van der Waals surface area contributed by atoms with Crippen LogP contribution in [0.4, 0.5) is 0 Å². The Labute approximate surface area is 157 Å². The van der Waals surface area contributed by atoms with Gasteiger partial charge in [0.2, 0.25) is 5.91 Å². The van der Waals surface area contributed by atoms with Gasteiger partial charge in [-0.3, -0.25) is 19.2 Å². The van der Waals surface area contributed by atoms with Gasteiger partial charge in [0.05, 0.1) is 14.2 Å². The topological polar surface area (TPSA) is 134 Å². The van der Waals surface area contributed by atoms with Crippen LogP contribution in [-0.2, 0) is 33.4 Å². The molecule has 2 amide bonds. The fraction of sp³-hybridized carbons (Fsp3) is 0.444. The number of esters is 2. The van der Waals surface area contributed by atoms with Gasteiger partial charge in [-0.2, -0.15) is 0 Å². The van der Waals surface area contributed by atoms with Crippen molar-refractivity contribution in [2.75, 3.05) is 21.3 Å². The van der Waals surface area contributed by atoms with Gasteiger partial charge in [-0.25, -0.2) is 0 Å². The molecule has 0 aliphatic rings. The van der Waals surface area contributed by atoms with Crippen molar-refractivity contribution in [1.82, 2.24) is 5.32 Å². The van der Waals surface area contributed by atoms with Crippen LogP contribution in [0, 0.1) is 11.8 Å². The molecule has 0 radical (unpaired) electrons. The van der Waals surface area contributed by atoms with Crippen molar-refractivity contribution in [3.63, 3.8) is 0 Å². The smallest absolute Gasteiger partial charge is 0.320 e. The molecular formula is C18H24N2O7. The molecule has 0 heterocycles. The molecule has 0 unspecified atom stereocenters. The third-order valence-corrected chi connectivity index (χ3v) is 4.14. The lowest BCUT2D eigenvalue weighted by Gasteiger charge is -2.28. The molecule has 9 heteroatoms. The quantitative estimate of drug-likeness (QED) is 0.453. The lowest BCUT2D eigenvalue weighted by atomic mass is 9.86. The minimum atomic E-state index is -1.43. The second kappa shape index (κ2) is 10.3. The van der Waals surface area contributed by atoms with Crippen molar-refractivity contribution in [2.24, 2.45) is 17.6 Å². The van der Waals surface area contributed by atoms with Crippen LogP contribution in [0.25, 0.3) is 0 Å². The molecule has 3 atom stereocenters. The Morgan fingerprint density at radius 3 is 1.89 bits per heavy atom. The Morgan fingerprint density at radius 2 is 1.48 bits per heavy atom. The highest BCUT2D eigenvalue weighted by atomic mass is 16.5. The van der Waals surface area contributed by atoms with E-state index in [9.17, 15) is 19.2 Å². The summed E-state index contributed by atoms with van der Waals surface area (Å²) in [6.45, 7) is 1.42. The fourth-order valence-electron chi connectivity index (χ4n) is 2.68. The van der Waals surface area contributed by atoms with E-state index in [1.165, 1.54) is 14.0 Å². The predicted octanol–water partition coefficient (Wildman–Crippen LogP) is -0.0575. The molecule has 1 rings (SSSR count). The van der Waals surface area contributed by atoms with E-state index < -0.39 is 47.7 Å². The fourth-order valence-corrected chi connectivity index (χ4v) is 2.68. The molecular weight excluding hydrogens is 356 g/mol. The number of nitrogens with two attached hydrogens (primary N) is 1. The summed E-state index contributed by atoms with van der Waals surface area (Å²) in [6, 6.07) is 7.27. The second-order valence-corrected chi connectivity index (χ2v) is 5.80. The third kappa shape index (κ3) is 5.52. The SMILES string of the molecule is COC(=O)C(C(=O)OC)[C@H](C)[C@H](NC(=O)[C@@H](OC)c1ccccc1)C(N)=O. The molecule has 0 saturated carbocycles. The van der Waals surface area contributed by atoms with E-state index in [0.29, 0.717) is 5.56 Å². The van der Waals surface area contributed by atoms with Gasteiger partial charge in [-0.15, -0.1) is 0 Å². The normalized spacial score (nSPS) is 14.0. The maximum atomic E-state index is 12.6. The lowest BCUT2D eigenvalue weighted by Crippen LogP contribution is -2.53. The van der Waals surface area contributed by atoms with Crippen LogP contribution in [0.2, 0.25) is 0 Å². The van der Waals surface area contributed by atoms with Crippen molar-refractivity contribution in [3.8, 4) is 0 Å². The number of methoxy groups -OCH3 is 3. The van der Waals surface area contributed by atoms with Crippen LogP contribution in [0.5, 0.6) is 0 Å². The van der Waals surface area contributed by atoms with E-state index in [0.717, 1.165) is 14.2 Å². The molecule has 0 fully saturated rings. The average Bonchev–Trinajstić information content (AvgIpc) is 2.66. The summed E-state index contributed by atoms with van der Waals surface area (Å²) < 4.78 is 14.4. The van der Waals surface area contributed by atoms with Crippen molar-refractivity contribution >= 4 is 23.8 Å². The summed E-state index contributed by atoms with van der Waals surface area (Å²) in [4.78, 5) is 48.5. The first-order valence-corrected chi connectivity index (χ1v) is 8.11. The number of rotatable bonds is 9. The van der Waals surface area contributed by atoms with Crippen LogP contribution in [-0.4, -0.2) is 51.1 Å². The molecule has 0 spiro atoms. The third-order valence-electron chi connectivity index (χ3n) is 4.14. The highest BCUT2D eigenvalue weighted by Crippen LogP contribution is 2.22. The highest BCUT2D eigenvalue weighted by molar-refractivity contribution is 5.97. The van der Waals surface area contributed by atoms with Gasteiger partial charge in [0, 0.05) is 13.0 Å². The van der Waals surface area contributed by atoms with Gasteiger partial charge >= 0.3 is 11.9 Å². The van der Waals surface area contributed by atoms with Gasteiger partial charge in [0.25, 0.3) is 5.91 Å². The zero-order valence-electron chi connectivity index (χ0n) is 15.6. The number of hydrogen-bond donors (Lipinski definition) is 2. The van der Waals surface area contributed by atoms with E-state index in [-0.39, 0.29) is 0 Å².